The summed E-state index contributed by atoms with van der Waals surface area (Å²) in [7, 11) is 0. The highest BCUT2D eigenvalue weighted by molar-refractivity contribution is 5.27. The largest absolute Gasteiger partial charge is 0.490 e. The van der Waals surface area contributed by atoms with Gasteiger partial charge in [0.15, 0.2) is 0 Å². The van der Waals surface area contributed by atoms with Crippen LogP contribution in [-0.4, -0.2) is 25.9 Å². The highest BCUT2D eigenvalue weighted by Gasteiger charge is 2.23. The van der Waals surface area contributed by atoms with E-state index in [0.717, 1.165) is 25.4 Å². The molecule has 2 rings (SSSR count). The maximum atomic E-state index is 5.56. The quantitative estimate of drug-likeness (QED) is 0.766. The Morgan fingerprint density at radius 3 is 2.84 bits per heavy atom. The van der Waals surface area contributed by atoms with Gasteiger partial charge in [-0.15, -0.1) is 0 Å². The highest BCUT2D eigenvalue weighted by Crippen LogP contribution is 2.19. The van der Waals surface area contributed by atoms with Crippen molar-refractivity contribution >= 4 is 0 Å². The predicted octanol–water partition coefficient (Wildman–Crippen LogP) is 2.77. The third-order valence-electron chi connectivity index (χ3n) is 3.56. The highest BCUT2D eigenvalue weighted by atomic mass is 16.5. The van der Waals surface area contributed by atoms with E-state index in [2.05, 4.69) is 31.0 Å². The molecule has 19 heavy (non-hydrogen) atoms. The van der Waals surface area contributed by atoms with Crippen LogP contribution in [0.3, 0.4) is 0 Å². The summed E-state index contributed by atoms with van der Waals surface area (Å²) < 4.78 is 11.0. The summed E-state index contributed by atoms with van der Waals surface area (Å²) in [6, 6.07) is 8.20. The minimum absolute atomic E-state index is 0.391. The van der Waals surface area contributed by atoms with E-state index >= 15 is 0 Å². The van der Waals surface area contributed by atoms with Crippen LogP contribution in [0.1, 0.15) is 18.9 Å². The molecule has 1 N–H and O–H groups in total. The second-order valence-corrected chi connectivity index (χ2v) is 5.00. The molecule has 3 heteroatoms. The Labute approximate surface area is 115 Å². The number of benzene rings is 1. The van der Waals surface area contributed by atoms with Crippen molar-refractivity contribution in [3.63, 3.8) is 0 Å². The van der Waals surface area contributed by atoms with Crippen LogP contribution in [-0.2, 0) is 11.3 Å². The molecule has 3 nitrogen and oxygen atoms in total. The van der Waals surface area contributed by atoms with Crippen molar-refractivity contribution in [2.45, 2.75) is 26.0 Å². The molecule has 1 aliphatic rings. The third kappa shape index (κ3) is 4.37. The lowest BCUT2D eigenvalue weighted by Gasteiger charge is -2.14. The monoisotopic (exact) mass is 261 g/mol. The molecule has 0 spiro atoms. The maximum absolute atomic E-state index is 5.56. The molecule has 0 aromatic heterocycles. The summed E-state index contributed by atoms with van der Waals surface area (Å²) in [5, 5.41) is 3.50. The Bertz CT molecular complexity index is 388. The van der Waals surface area contributed by atoms with E-state index < -0.39 is 0 Å². The molecular weight excluding hydrogens is 238 g/mol. The summed E-state index contributed by atoms with van der Waals surface area (Å²) in [6.07, 6.45) is 3.31. The van der Waals surface area contributed by atoms with Crippen LogP contribution in [0.25, 0.3) is 0 Å². The maximum Gasteiger partial charge on any atom is 0.119 e. The van der Waals surface area contributed by atoms with Crippen LogP contribution in [0.15, 0.2) is 36.9 Å². The first-order valence-electron chi connectivity index (χ1n) is 6.94. The van der Waals surface area contributed by atoms with Gasteiger partial charge in [0, 0.05) is 19.7 Å². The molecular formula is C16H23NO2. The van der Waals surface area contributed by atoms with Gasteiger partial charge < -0.3 is 14.8 Å². The SMILES string of the molecule is C=CCOc1ccc(CNCC2CCOC2C)cc1. The first kappa shape index (κ1) is 14.1. The normalized spacial score (nSPS) is 22.4. The van der Waals surface area contributed by atoms with Crippen molar-refractivity contribution < 1.29 is 9.47 Å². The van der Waals surface area contributed by atoms with Gasteiger partial charge in [0.2, 0.25) is 0 Å². The van der Waals surface area contributed by atoms with E-state index in [1.165, 1.54) is 12.0 Å². The van der Waals surface area contributed by atoms with E-state index in [1.807, 2.05) is 12.1 Å². The van der Waals surface area contributed by atoms with Crippen molar-refractivity contribution in [3.05, 3.63) is 42.5 Å². The van der Waals surface area contributed by atoms with Crippen molar-refractivity contribution in [2.75, 3.05) is 19.8 Å². The molecule has 2 unspecified atom stereocenters. The van der Waals surface area contributed by atoms with E-state index in [4.69, 9.17) is 9.47 Å². The van der Waals surface area contributed by atoms with Crippen molar-refractivity contribution in [1.29, 1.82) is 0 Å². The van der Waals surface area contributed by atoms with Crippen LogP contribution in [0.2, 0.25) is 0 Å². The van der Waals surface area contributed by atoms with Gasteiger partial charge in [-0.05, 0) is 37.0 Å². The van der Waals surface area contributed by atoms with Crippen molar-refractivity contribution in [1.82, 2.24) is 5.32 Å². The molecule has 1 saturated heterocycles. The number of hydrogen-bond acceptors (Lipinski definition) is 3. The molecule has 0 amide bonds. The fraction of sp³-hybridized carbons (Fsp3) is 0.500. The second-order valence-electron chi connectivity index (χ2n) is 5.00. The van der Waals surface area contributed by atoms with Crippen molar-refractivity contribution in [2.24, 2.45) is 5.92 Å². The lowest BCUT2D eigenvalue weighted by Crippen LogP contribution is -2.26. The van der Waals surface area contributed by atoms with Crippen LogP contribution >= 0.6 is 0 Å². The van der Waals surface area contributed by atoms with Gasteiger partial charge in [0.1, 0.15) is 12.4 Å². The average Bonchev–Trinajstić information content (AvgIpc) is 2.84. The summed E-state index contributed by atoms with van der Waals surface area (Å²) in [6.45, 7) is 9.17. The van der Waals surface area contributed by atoms with Gasteiger partial charge in [-0.1, -0.05) is 24.8 Å². The molecule has 1 heterocycles. The van der Waals surface area contributed by atoms with Crippen LogP contribution in [0.4, 0.5) is 0 Å². The smallest absolute Gasteiger partial charge is 0.119 e. The topological polar surface area (TPSA) is 30.5 Å². The molecule has 0 bridgehead atoms. The third-order valence-corrected chi connectivity index (χ3v) is 3.56. The Morgan fingerprint density at radius 1 is 1.42 bits per heavy atom. The zero-order valence-corrected chi connectivity index (χ0v) is 11.6. The van der Waals surface area contributed by atoms with E-state index in [1.54, 1.807) is 6.08 Å². The first-order chi connectivity index (χ1) is 9.29. The summed E-state index contributed by atoms with van der Waals surface area (Å²) in [5.74, 6) is 1.54. The lowest BCUT2D eigenvalue weighted by molar-refractivity contribution is 0.105. The Hall–Kier alpha value is -1.32. The first-order valence-corrected chi connectivity index (χ1v) is 6.94. The Balaban J connectivity index is 1.72. The van der Waals surface area contributed by atoms with Gasteiger partial charge in [-0.3, -0.25) is 0 Å². The van der Waals surface area contributed by atoms with E-state index in [0.29, 0.717) is 18.6 Å². The van der Waals surface area contributed by atoms with Gasteiger partial charge >= 0.3 is 0 Å². The lowest BCUT2D eigenvalue weighted by atomic mass is 10.0. The minimum atomic E-state index is 0.391. The van der Waals surface area contributed by atoms with E-state index in [-0.39, 0.29) is 0 Å². The number of ether oxygens (including phenoxy) is 2. The van der Waals surface area contributed by atoms with Crippen LogP contribution in [0.5, 0.6) is 5.75 Å². The number of nitrogens with one attached hydrogen (secondary N) is 1. The fourth-order valence-electron chi connectivity index (χ4n) is 2.30. The van der Waals surface area contributed by atoms with Gasteiger partial charge in [-0.2, -0.15) is 0 Å². The zero-order valence-electron chi connectivity index (χ0n) is 11.6. The molecule has 1 aromatic rings. The molecule has 0 aliphatic carbocycles. The van der Waals surface area contributed by atoms with Crippen LogP contribution < -0.4 is 10.1 Å². The van der Waals surface area contributed by atoms with Gasteiger partial charge in [0.05, 0.1) is 6.10 Å². The average molecular weight is 261 g/mol. The Morgan fingerprint density at radius 2 is 2.21 bits per heavy atom. The molecule has 2 atom stereocenters. The zero-order chi connectivity index (χ0) is 13.5. The Kier molecular flexibility index (Phi) is 5.43. The molecule has 1 aromatic carbocycles. The van der Waals surface area contributed by atoms with Gasteiger partial charge in [0.25, 0.3) is 0 Å². The molecule has 0 radical (unpaired) electrons. The number of hydrogen-bond donors (Lipinski definition) is 1. The second kappa shape index (κ2) is 7.31. The summed E-state index contributed by atoms with van der Waals surface area (Å²) in [5.41, 5.74) is 1.28. The molecule has 0 saturated carbocycles. The minimum Gasteiger partial charge on any atom is -0.490 e. The van der Waals surface area contributed by atoms with Crippen molar-refractivity contribution in [3.8, 4) is 5.75 Å². The fourth-order valence-corrected chi connectivity index (χ4v) is 2.30. The molecule has 104 valence electrons. The summed E-state index contributed by atoms with van der Waals surface area (Å²) >= 11 is 0. The molecule has 1 fully saturated rings. The number of rotatable bonds is 7. The summed E-state index contributed by atoms with van der Waals surface area (Å²) in [4.78, 5) is 0. The van der Waals surface area contributed by atoms with Crippen LogP contribution in [0, 0.1) is 5.92 Å². The standard InChI is InChI=1S/C16H23NO2/c1-3-9-19-16-6-4-14(5-7-16)11-17-12-15-8-10-18-13(15)2/h3-7,13,15,17H,1,8-12H2,2H3. The predicted molar refractivity (Wildman–Crippen MR) is 77.4 cm³/mol. The molecule has 1 aliphatic heterocycles. The van der Waals surface area contributed by atoms with Gasteiger partial charge in [-0.25, -0.2) is 0 Å². The van der Waals surface area contributed by atoms with E-state index in [9.17, 15) is 0 Å².